The van der Waals surface area contributed by atoms with E-state index in [1.807, 2.05) is 48.5 Å². The van der Waals surface area contributed by atoms with Gasteiger partial charge < -0.3 is 8.83 Å². The number of nitrogens with zero attached hydrogens (tertiary/aromatic N) is 3. The summed E-state index contributed by atoms with van der Waals surface area (Å²) in [6.07, 6.45) is 0. The molecule has 13 aromatic rings. The van der Waals surface area contributed by atoms with E-state index in [0.29, 0.717) is 17.5 Å². The van der Waals surface area contributed by atoms with Gasteiger partial charge in [-0.3, -0.25) is 0 Å². The molecular formula is C64H39N3O2. The highest BCUT2D eigenvalue weighted by atomic mass is 16.3. The average molecular weight is 882 g/mol. The summed E-state index contributed by atoms with van der Waals surface area (Å²) >= 11 is 0. The van der Waals surface area contributed by atoms with Crippen LogP contribution in [0, 0.1) is 0 Å². The molecule has 0 aliphatic heterocycles. The monoisotopic (exact) mass is 881 g/mol. The molecule has 3 heterocycles. The fourth-order valence-corrected chi connectivity index (χ4v) is 11.0. The summed E-state index contributed by atoms with van der Waals surface area (Å²) in [5.74, 6) is 1.68. The molecule has 0 radical (unpaired) electrons. The lowest BCUT2D eigenvalue weighted by Gasteiger charge is -2.34. The molecule has 5 nitrogen and oxygen atoms in total. The van der Waals surface area contributed by atoms with Gasteiger partial charge in [-0.1, -0.05) is 194 Å². The van der Waals surface area contributed by atoms with Crippen molar-refractivity contribution >= 4 is 43.9 Å². The first kappa shape index (κ1) is 39.0. The lowest BCUT2D eigenvalue weighted by atomic mass is 9.67. The predicted molar refractivity (Wildman–Crippen MR) is 279 cm³/mol. The van der Waals surface area contributed by atoms with Crippen molar-refractivity contribution in [3.05, 3.63) is 259 Å². The Morgan fingerprint density at radius 1 is 0.275 bits per heavy atom. The lowest BCUT2D eigenvalue weighted by Crippen LogP contribution is -2.28. The van der Waals surface area contributed by atoms with Gasteiger partial charge in [0.15, 0.2) is 17.5 Å². The van der Waals surface area contributed by atoms with Crippen LogP contribution in [0.15, 0.2) is 245 Å². The maximum Gasteiger partial charge on any atom is 0.164 e. The molecule has 69 heavy (non-hydrogen) atoms. The van der Waals surface area contributed by atoms with Crippen molar-refractivity contribution in [3.8, 4) is 67.5 Å². The van der Waals surface area contributed by atoms with Crippen molar-refractivity contribution in [2.24, 2.45) is 0 Å². The third kappa shape index (κ3) is 6.07. The minimum atomic E-state index is -0.508. The van der Waals surface area contributed by atoms with E-state index in [9.17, 15) is 0 Å². The fourth-order valence-electron chi connectivity index (χ4n) is 11.0. The van der Waals surface area contributed by atoms with E-state index in [1.165, 1.54) is 33.4 Å². The molecule has 3 aromatic heterocycles. The van der Waals surface area contributed by atoms with Crippen LogP contribution in [-0.2, 0) is 5.41 Å². The zero-order valence-electron chi connectivity index (χ0n) is 37.2. The molecule has 14 rings (SSSR count). The summed E-state index contributed by atoms with van der Waals surface area (Å²) in [5, 5.41) is 3.90. The van der Waals surface area contributed by atoms with Gasteiger partial charge >= 0.3 is 0 Å². The van der Waals surface area contributed by atoms with Gasteiger partial charge in [0.05, 0.1) is 5.41 Å². The van der Waals surface area contributed by atoms with E-state index in [0.717, 1.165) is 82.8 Å². The van der Waals surface area contributed by atoms with Gasteiger partial charge in [-0.25, -0.2) is 15.0 Å². The Balaban J connectivity index is 0.973. The molecule has 0 atom stereocenters. The maximum atomic E-state index is 6.68. The predicted octanol–water partition coefficient (Wildman–Crippen LogP) is 16.4. The van der Waals surface area contributed by atoms with Crippen LogP contribution in [0.3, 0.4) is 0 Å². The summed E-state index contributed by atoms with van der Waals surface area (Å²) in [6, 6.07) is 83.5. The number of benzene rings is 10. The van der Waals surface area contributed by atoms with Crippen LogP contribution in [0.4, 0.5) is 0 Å². The Bertz CT molecular complexity index is 4100. The zero-order valence-corrected chi connectivity index (χ0v) is 37.2. The summed E-state index contributed by atoms with van der Waals surface area (Å²) in [6.45, 7) is 0. The van der Waals surface area contributed by atoms with Crippen LogP contribution in [0.2, 0.25) is 0 Å². The summed E-state index contributed by atoms with van der Waals surface area (Å²) in [7, 11) is 0. The molecule has 5 heteroatoms. The van der Waals surface area contributed by atoms with Crippen molar-refractivity contribution in [3.63, 3.8) is 0 Å². The number of hydrogen-bond donors (Lipinski definition) is 0. The molecule has 0 saturated heterocycles. The minimum Gasteiger partial charge on any atom is -0.456 e. The average Bonchev–Trinajstić information content (AvgIpc) is 4.10. The van der Waals surface area contributed by atoms with Crippen LogP contribution in [-0.4, -0.2) is 15.0 Å². The maximum absolute atomic E-state index is 6.68. The number of hydrogen-bond acceptors (Lipinski definition) is 5. The fraction of sp³-hybridized carbons (Fsp3) is 0.0156. The first-order valence-corrected chi connectivity index (χ1v) is 23.3. The highest BCUT2D eigenvalue weighted by Crippen LogP contribution is 2.57. The van der Waals surface area contributed by atoms with Crippen LogP contribution in [0.25, 0.3) is 111 Å². The highest BCUT2D eigenvalue weighted by Gasteiger charge is 2.46. The van der Waals surface area contributed by atoms with Crippen molar-refractivity contribution in [1.29, 1.82) is 0 Å². The van der Waals surface area contributed by atoms with E-state index >= 15 is 0 Å². The number of para-hydroxylation sites is 1. The molecule has 0 spiro atoms. The Hall–Kier alpha value is -9.19. The zero-order chi connectivity index (χ0) is 45.5. The van der Waals surface area contributed by atoms with E-state index in [-0.39, 0.29) is 0 Å². The molecule has 0 bridgehead atoms. The lowest BCUT2D eigenvalue weighted by molar-refractivity contribution is 0.668. The van der Waals surface area contributed by atoms with E-state index in [2.05, 4.69) is 188 Å². The number of aromatic nitrogens is 3. The first-order chi connectivity index (χ1) is 34.2. The van der Waals surface area contributed by atoms with Crippen LogP contribution < -0.4 is 0 Å². The molecule has 0 saturated carbocycles. The van der Waals surface area contributed by atoms with Gasteiger partial charge in [0, 0.05) is 38.2 Å². The van der Waals surface area contributed by atoms with Gasteiger partial charge in [-0.2, -0.15) is 0 Å². The Kier molecular flexibility index (Phi) is 8.73. The van der Waals surface area contributed by atoms with Crippen molar-refractivity contribution in [2.45, 2.75) is 5.41 Å². The van der Waals surface area contributed by atoms with Crippen molar-refractivity contribution in [1.82, 2.24) is 15.0 Å². The topological polar surface area (TPSA) is 65.0 Å². The molecule has 10 aromatic carbocycles. The number of fused-ring (bicyclic) bond motifs is 9. The van der Waals surface area contributed by atoms with E-state index < -0.39 is 5.41 Å². The summed E-state index contributed by atoms with van der Waals surface area (Å²) in [5.41, 5.74) is 17.2. The van der Waals surface area contributed by atoms with E-state index in [1.54, 1.807) is 0 Å². The largest absolute Gasteiger partial charge is 0.456 e. The summed E-state index contributed by atoms with van der Waals surface area (Å²) < 4.78 is 13.0. The summed E-state index contributed by atoms with van der Waals surface area (Å²) in [4.78, 5) is 16.0. The van der Waals surface area contributed by atoms with Crippen molar-refractivity contribution < 1.29 is 8.83 Å². The second-order valence-electron chi connectivity index (χ2n) is 17.8. The number of rotatable bonds is 7. The Labute approximate surface area is 397 Å². The normalized spacial score (nSPS) is 12.8. The molecule has 1 aliphatic carbocycles. The van der Waals surface area contributed by atoms with Crippen LogP contribution >= 0.6 is 0 Å². The van der Waals surface area contributed by atoms with Gasteiger partial charge in [0.1, 0.15) is 22.3 Å². The second-order valence-corrected chi connectivity index (χ2v) is 17.8. The standard InChI is InChI=1S/C64H39N3O2/c1-4-17-40(18-5-1)41-19-14-20-44(37-41)61-65-62(50-27-15-31-57-59(50)49-26-11-13-30-55(49)68-57)67-63(66-61)51-28-16-32-58-60(51)52-38-42(34-36-56(52)69-58)43-33-35-48-47-25-10-12-29-53(47)64(54(48)39-43,45-21-6-2-7-22-45)46-23-8-3-9-24-46/h1-39H. The van der Waals surface area contributed by atoms with Crippen LogP contribution in [0.5, 0.6) is 0 Å². The Morgan fingerprint density at radius 2 is 0.754 bits per heavy atom. The van der Waals surface area contributed by atoms with Crippen LogP contribution in [0.1, 0.15) is 22.3 Å². The van der Waals surface area contributed by atoms with Gasteiger partial charge in [-0.05, 0) is 98.1 Å². The third-order valence-electron chi connectivity index (χ3n) is 14.0. The van der Waals surface area contributed by atoms with Gasteiger partial charge in [0.2, 0.25) is 0 Å². The Morgan fingerprint density at radius 3 is 1.48 bits per heavy atom. The molecular weight excluding hydrogens is 843 g/mol. The minimum absolute atomic E-state index is 0.508. The first-order valence-electron chi connectivity index (χ1n) is 23.3. The SMILES string of the molecule is c1ccc(-c2cccc(-c3nc(-c4cccc5oc6ccccc6c45)nc(-c4cccc5oc6ccc(-c7ccc8c(c7)C(c7ccccc7)(c7ccccc7)c7ccccc7-8)cc6c45)n3)c2)cc1. The quantitative estimate of drug-likeness (QED) is 0.160. The van der Waals surface area contributed by atoms with Gasteiger partial charge in [-0.15, -0.1) is 0 Å². The second kappa shape index (κ2) is 15.4. The number of furan rings is 2. The van der Waals surface area contributed by atoms with Crippen molar-refractivity contribution in [2.75, 3.05) is 0 Å². The molecule has 0 unspecified atom stereocenters. The molecule has 1 aliphatic rings. The highest BCUT2D eigenvalue weighted by molar-refractivity contribution is 6.14. The molecule has 0 N–H and O–H groups in total. The van der Waals surface area contributed by atoms with E-state index in [4.69, 9.17) is 23.8 Å². The molecule has 0 amide bonds. The molecule has 322 valence electrons. The van der Waals surface area contributed by atoms with Gasteiger partial charge in [0.25, 0.3) is 0 Å². The smallest absolute Gasteiger partial charge is 0.164 e. The molecule has 0 fully saturated rings. The third-order valence-corrected chi connectivity index (χ3v) is 14.0.